The molecule has 2 unspecified atom stereocenters. The van der Waals surface area contributed by atoms with Gasteiger partial charge in [-0.3, -0.25) is 4.79 Å². The second kappa shape index (κ2) is 4.58. The Balaban J connectivity index is 1.75. The molecular formula is C13H22N2O. The third-order valence-corrected chi connectivity index (χ3v) is 4.12. The zero-order chi connectivity index (χ0) is 11.6. The summed E-state index contributed by atoms with van der Waals surface area (Å²) < 4.78 is 0. The summed E-state index contributed by atoms with van der Waals surface area (Å²) in [5, 5.41) is 6.34. The molecular weight excluding hydrogens is 200 g/mol. The van der Waals surface area contributed by atoms with Crippen molar-refractivity contribution in [3.05, 3.63) is 11.6 Å². The van der Waals surface area contributed by atoms with Crippen LogP contribution in [0.2, 0.25) is 0 Å². The van der Waals surface area contributed by atoms with E-state index in [4.69, 9.17) is 0 Å². The Hall–Kier alpha value is -0.830. The summed E-state index contributed by atoms with van der Waals surface area (Å²) in [7, 11) is 0. The van der Waals surface area contributed by atoms with E-state index < -0.39 is 0 Å². The summed E-state index contributed by atoms with van der Waals surface area (Å²) in [6, 6.07) is 0. The molecule has 0 aromatic heterocycles. The molecule has 3 nitrogen and oxygen atoms in total. The van der Waals surface area contributed by atoms with E-state index in [2.05, 4.69) is 30.6 Å². The molecule has 2 N–H and O–H groups in total. The van der Waals surface area contributed by atoms with Gasteiger partial charge in [0.05, 0.1) is 0 Å². The molecule has 2 atom stereocenters. The second-order valence-electron chi connectivity index (χ2n) is 5.30. The maximum Gasteiger partial charge on any atom is 0.223 e. The zero-order valence-corrected chi connectivity index (χ0v) is 10.3. The van der Waals surface area contributed by atoms with Gasteiger partial charge in [0.15, 0.2) is 0 Å². The van der Waals surface area contributed by atoms with Crippen LogP contribution >= 0.6 is 0 Å². The Morgan fingerprint density at radius 3 is 3.06 bits per heavy atom. The van der Waals surface area contributed by atoms with Gasteiger partial charge in [0, 0.05) is 19.0 Å². The minimum absolute atomic E-state index is 0.254. The van der Waals surface area contributed by atoms with Crippen molar-refractivity contribution in [2.75, 3.05) is 19.6 Å². The molecule has 1 saturated carbocycles. The van der Waals surface area contributed by atoms with E-state index in [-0.39, 0.29) is 17.2 Å². The molecule has 0 radical (unpaired) electrons. The Labute approximate surface area is 97.7 Å². The maximum atomic E-state index is 11.9. The number of hydrogen-bond acceptors (Lipinski definition) is 2. The van der Waals surface area contributed by atoms with Crippen LogP contribution in [0.1, 0.15) is 33.1 Å². The van der Waals surface area contributed by atoms with E-state index >= 15 is 0 Å². The second-order valence-corrected chi connectivity index (χ2v) is 5.30. The third-order valence-electron chi connectivity index (χ3n) is 4.12. The van der Waals surface area contributed by atoms with Crippen LogP contribution in [-0.2, 0) is 4.79 Å². The van der Waals surface area contributed by atoms with Gasteiger partial charge in [-0.15, -0.1) is 0 Å². The van der Waals surface area contributed by atoms with Crippen molar-refractivity contribution in [3.63, 3.8) is 0 Å². The summed E-state index contributed by atoms with van der Waals surface area (Å²) in [5.74, 6) is 0.517. The lowest BCUT2D eigenvalue weighted by molar-refractivity contribution is -0.122. The van der Waals surface area contributed by atoms with Crippen LogP contribution < -0.4 is 10.6 Å². The van der Waals surface area contributed by atoms with Crippen molar-refractivity contribution in [2.45, 2.75) is 33.1 Å². The van der Waals surface area contributed by atoms with Crippen LogP contribution in [0, 0.1) is 11.3 Å². The SMILES string of the molecule is CCC1(C)CC1C(=O)NCC1=CCNCC1. The van der Waals surface area contributed by atoms with Crippen LogP contribution in [0.3, 0.4) is 0 Å². The predicted molar refractivity (Wildman–Crippen MR) is 65.1 cm³/mol. The molecule has 2 aliphatic rings. The standard InChI is InChI=1S/C13H22N2O/c1-3-13(2)8-11(13)12(16)15-9-10-4-6-14-7-5-10/h4,11,14H,3,5-9H2,1-2H3,(H,15,16). The number of carbonyl (C=O) groups is 1. The number of rotatable bonds is 4. The molecule has 0 aromatic carbocycles. The fourth-order valence-electron chi connectivity index (χ4n) is 2.36. The van der Waals surface area contributed by atoms with E-state index in [0.717, 1.165) is 38.9 Å². The van der Waals surface area contributed by atoms with Gasteiger partial charge in [-0.2, -0.15) is 0 Å². The van der Waals surface area contributed by atoms with Gasteiger partial charge in [-0.1, -0.05) is 25.5 Å². The van der Waals surface area contributed by atoms with E-state index in [1.54, 1.807) is 0 Å². The first-order chi connectivity index (χ1) is 7.65. The molecule has 1 aliphatic heterocycles. The lowest BCUT2D eigenvalue weighted by atomic mass is 10.0. The topological polar surface area (TPSA) is 41.1 Å². The average Bonchev–Trinajstić information content (AvgIpc) is 3.01. The van der Waals surface area contributed by atoms with Crippen molar-refractivity contribution < 1.29 is 4.79 Å². The highest BCUT2D eigenvalue weighted by Crippen LogP contribution is 2.54. The highest BCUT2D eigenvalue weighted by Gasteiger charge is 2.52. The molecule has 1 aliphatic carbocycles. The van der Waals surface area contributed by atoms with Crippen molar-refractivity contribution in [2.24, 2.45) is 11.3 Å². The molecule has 1 amide bonds. The van der Waals surface area contributed by atoms with Gasteiger partial charge in [0.2, 0.25) is 5.91 Å². The molecule has 2 rings (SSSR count). The number of hydrogen-bond donors (Lipinski definition) is 2. The minimum Gasteiger partial charge on any atom is -0.352 e. The zero-order valence-electron chi connectivity index (χ0n) is 10.3. The fraction of sp³-hybridized carbons (Fsp3) is 0.769. The van der Waals surface area contributed by atoms with Crippen LogP contribution in [0.15, 0.2) is 11.6 Å². The van der Waals surface area contributed by atoms with Crippen molar-refractivity contribution in [1.29, 1.82) is 0 Å². The molecule has 0 aromatic rings. The first-order valence-electron chi connectivity index (χ1n) is 6.32. The predicted octanol–water partition coefficient (Wildman–Crippen LogP) is 1.46. The van der Waals surface area contributed by atoms with Crippen LogP contribution in [0.4, 0.5) is 0 Å². The van der Waals surface area contributed by atoms with Gasteiger partial charge in [0.25, 0.3) is 0 Å². The van der Waals surface area contributed by atoms with E-state index in [1.165, 1.54) is 5.57 Å². The van der Waals surface area contributed by atoms with Crippen LogP contribution in [-0.4, -0.2) is 25.5 Å². The summed E-state index contributed by atoms with van der Waals surface area (Å²) >= 11 is 0. The highest BCUT2D eigenvalue weighted by molar-refractivity contribution is 5.82. The normalized spacial score (nSPS) is 33.1. The van der Waals surface area contributed by atoms with Gasteiger partial charge in [-0.25, -0.2) is 0 Å². The van der Waals surface area contributed by atoms with E-state index in [1.807, 2.05) is 0 Å². The monoisotopic (exact) mass is 222 g/mol. The minimum atomic E-state index is 0.254. The lowest BCUT2D eigenvalue weighted by Crippen LogP contribution is -2.31. The van der Waals surface area contributed by atoms with Crippen molar-refractivity contribution >= 4 is 5.91 Å². The Kier molecular flexibility index (Phi) is 3.33. The molecule has 0 saturated heterocycles. The number of amides is 1. The van der Waals surface area contributed by atoms with Gasteiger partial charge in [0.1, 0.15) is 0 Å². The first-order valence-corrected chi connectivity index (χ1v) is 6.32. The lowest BCUT2D eigenvalue weighted by Gasteiger charge is -2.15. The Bertz CT molecular complexity index is 311. The molecule has 16 heavy (non-hydrogen) atoms. The highest BCUT2D eigenvalue weighted by atomic mass is 16.2. The molecule has 3 heteroatoms. The Morgan fingerprint density at radius 1 is 1.69 bits per heavy atom. The first kappa shape index (κ1) is 11.6. The quantitative estimate of drug-likeness (QED) is 0.707. The van der Waals surface area contributed by atoms with Crippen molar-refractivity contribution in [3.8, 4) is 0 Å². The molecule has 90 valence electrons. The summed E-state index contributed by atoms with van der Waals surface area (Å²) in [5.41, 5.74) is 1.65. The third kappa shape index (κ3) is 2.46. The summed E-state index contributed by atoms with van der Waals surface area (Å²) in [6.45, 7) is 7.11. The van der Waals surface area contributed by atoms with Crippen LogP contribution in [0.25, 0.3) is 0 Å². The summed E-state index contributed by atoms with van der Waals surface area (Å²) in [4.78, 5) is 11.9. The molecule has 1 fully saturated rings. The maximum absolute atomic E-state index is 11.9. The van der Waals surface area contributed by atoms with Gasteiger partial charge >= 0.3 is 0 Å². The average molecular weight is 222 g/mol. The Morgan fingerprint density at radius 2 is 2.50 bits per heavy atom. The smallest absolute Gasteiger partial charge is 0.223 e. The number of carbonyl (C=O) groups excluding carboxylic acids is 1. The summed E-state index contributed by atoms with van der Waals surface area (Å²) in [6.07, 6.45) is 5.43. The molecule has 0 bridgehead atoms. The molecule has 1 heterocycles. The largest absolute Gasteiger partial charge is 0.352 e. The molecule has 0 spiro atoms. The van der Waals surface area contributed by atoms with E-state index in [0.29, 0.717) is 0 Å². The van der Waals surface area contributed by atoms with Crippen molar-refractivity contribution in [1.82, 2.24) is 10.6 Å². The number of nitrogens with one attached hydrogen (secondary N) is 2. The van der Waals surface area contributed by atoms with Crippen LogP contribution in [0.5, 0.6) is 0 Å². The van der Waals surface area contributed by atoms with Gasteiger partial charge < -0.3 is 10.6 Å². The van der Waals surface area contributed by atoms with E-state index in [9.17, 15) is 4.79 Å². The van der Waals surface area contributed by atoms with Gasteiger partial charge in [-0.05, 0) is 31.2 Å². The fourth-order valence-corrected chi connectivity index (χ4v) is 2.36.